The molecule has 2 N–H and O–H groups in total. The lowest BCUT2D eigenvalue weighted by molar-refractivity contribution is -0.137. The Balaban J connectivity index is 3.26. The first-order valence-corrected chi connectivity index (χ1v) is 5.74. The lowest BCUT2D eigenvalue weighted by Gasteiger charge is -2.16. The molecule has 0 saturated heterocycles. The highest BCUT2D eigenvalue weighted by Crippen LogP contribution is 2.37. The first kappa shape index (κ1) is 14.3. The molecule has 0 aliphatic carbocycles. The standard InChI is InChI=1S/C11H13BrF3NO/c1-6(16)3-8-9(12)4-7(11(13,14)15)5-10(8)17-2/h4-6H,3,16H2,1-2H3. The van der Waals surface area contributed by atoms with Crippen molar-refractivity contribution in [2.45, 2.75) is 25.6 Å². The number of hydrogen-bond acceptors (Lipinski definition) is 2. The second kappa shape index (κ2) is 5.27. The molecule has 1 aromatic carbocycles. The minimum atomic E-state index is -4.39. The predicted octanol–water partition coefficient (Wildman–Crippen LogP) is 3.37. The number of methoxy groups -OCH3 is 1. The van der Waals surface area contributed by atoms with Crippen molar-refractivity contribution in [2.75, 3.05) is 7.11 Å². The fourth-order valence-corrected chi connectivity index (χ4v) is 2.08. The minimum Gasteiger partial charge on any atom is -0.496 e. The SMILES string of the molecule is COc1cc(C(F)(F)F)cc(Br)c1CC(C)N. The average Bonchev–Trinajstić information content (AvgIpc) is 2.18. The first-order chi connectivity index (χ1) is 7.75. The molecular weight excluding hydrogens is 299 g/mol. The Labute approximate surface area is 106 Å². The summed E-state index contributed by atoms with van der Waals surface area (Å²) in [5.74, 6) is 0.198. The van der Waals surface area contributed by atoms with Gasteiger partial charge in [0.1, 0.15) is 5.75 Å². The van der Waals surface area contributed by atoms with Crippen molar-refractivity contribution in [1.82, 2.24) is 0 Å². The largest absolute Gasteiger partial charge is 0.496 e. The maximum atomic E-state index is 12.6. The van der Waals surface area contributed by atoms with Crippen molar-refractivity contribution in [3.8, 4) is 5.75 Å². The lowest BCUT2D eigenvalue weighted by atomic mass is 10.0. The molecule has 17 heavy (non-hydrogen) atoms. The summed E-state index contributed by atoms with van der Waals surface area (Å²) in [4.78, 5) is 0. The molecule has 0 heterocycles. The number of benzene rings is 1. The minimum absolute atomic E-state index is 0.156. The van der Waals surface area contributed by atoms with E-state index in [2.05, 4.69) is 15.9 Å². The maximum Gasteiger partial charge on any atom is 0.416 e. The van der Waals surface area contributed by atoms with Gasteiger partial charge in [-0.3, -0.25) is 0 Å². The van der Waals surface area contributed by atoms with Crippen molar-refractivity contribution in [3.63, 3.8) is 0 Å². The van der Waals surface area contributed by atoms with Crippen LogP contribution in [0.5, 0.6) is 5.75 Å². The zero-order chi connectivity index (χ0) is 13.2. The van der Waals surface area contributed by atoms with E-state index in [1.165, 1.54) is 7.11 Å². The molecule has 1 unspecified atom stereocenters. The second-order valence-corrected chi connectivity index (χ2v) is 4.67. The van der Waals surface area contributed by atoms with Gasteiger partial charge in [-0.25, -0.2) is 0 Å². The Kier molecular flexibility index (Phi) is 4.43. The van der Waals surface area contributed by atoms with E-state index < -0.39 is 11.7 Å². The summed E-state index contributed by atoms with van der Waals surface area (Å²) in [7, 11) is 1.34. The molecule has 1 rings (SSSR count). The van der Waals surface area contributed by atoms with Crippen LogP contribution in [0.3, 0.4) is 0 Å². The molecule has 0 aliphatic heterocycles. The summed E-state index contributed by atoms with van der Waals surface area (Å²) in [5, 5.41) is 0. The van der Waals surface area contributed by atoms with E-state index in [-0.39, 0.29) is 11.8 Å². The monoisotopic (exact) mass is 311 g/mol. The van der Waals surface area contributed by atoms with Gasteiger partial charge in [0, 0.05) is 16.1 Å². The molecule has 0 aliphatic rings. The van der Waals surface area contributed by atoms with Crippen molar-refractivity contribution in [2.24, 2.45) is 5.73 Å². The van der Waals surface area contributed by atoms with Crippen molar-refractivity contribution in [1.29, 1.82) is 0 Å². The average molecular weight is 312 g/mol. The Morgan fingerprint density at radius 3 is 2.41 bits per heavy atom. The van der Waals surface area contributed by atoms with Crippen LogP contribution >= 0.6 is 15.9 Å². The van der Waals surface area contributed by atoms with Gasteiger partial charge in [0.15, 0.2) is 0 Å². The van der Waals surface area contributed by atoms with Gasteiger partial charge in [-0.1, -0.05) is 15.9 Å². The molecule has 6 heteroatoms. The van der Waals surface area contributed by atoms with Gasteiger partial charge in [0.2, 0.25) is 0 Å². The normalized spacial score (nSPS) is 13.6. The molecule has 0 radical (unpaired) electrons. The Morgan fingerprint density at radius 2 is 2.00 bits per heavy atom. The lowest BCUT2D eigenvalue weighted by Crippen LogP contribution is -2.19. The molecule has 1 aromatic rings. The van der Waals surface area contributed by atoms with Crippen LogP contribution < -0.4 is 10.5 Å². The van der Waals surface area contributed by atoms with Gasteiger partial charge in [-0.05, 0) is 25.5 Å². The predicted molar refractivity (Wildman–Crippen MR) is 63.0 cm³/mol. The van der Waals surface area contributed by atoms with Gasteiger partial charge < -0.3 is 10.5 Å². The molecular formula is C11H13BrF3NO. The number of hydrogen-bond donors (Lipinski definition) is 1. The van der Waals surface area contributed by atoms with Crippen LogP contribution in [0.1, 0.15) is 18.1 Å². The van der Waals surface area contributed by atoms with Crippen molar-refractivity contribution < 1.29 is 17.9 Å². The van der Waals surface area contributed by atoms with Crippen LogP contribution in [-0.2, 0) is 12.6 Å². The van der Waals surface area contributed by atoms with Crippen molar-refractivity contribution in [3.05, 3.63) is 27.7 Å². The third-order valence-corrected chi connectivity index (χ3v) is 2.94. The zero-order valence-corrected chi connectivity index (χ0v) is 11.0. The van der Waals surface area contributed by atoms with Crippen LogP contribution in [0.25, 0.3) is 0 Å². The third-order valence-electron chi connectivity index (χ3n) is 2.23. The number of halogens is 4. The molecule has 0 saturated carbocycles. The zero-order valence-electron chi connectivity index (χ0n) is 9.44. The first-order valence-electron chi connectivity index (χ1n) is 4.95. The number of alkyl halides is 3. The van der Waals surface area contributed by atoms with E-state index in [0.29, 0.717) is 16.5 Å². The van der Waals surface area contributed by atoms with E-state index in [9.17, 15) is 13.2 Å². The van der Waals surface area contributed by atoms with Gasteiger partial charge >= 0.3 is 6.18 Å². The molecule has 96 valence electrons. The van der Waals surface area contributed by atoms with E-state index in [1.807, 2.05) is 0 Å². The highest BCUT2D eigenvalue weighted by atomic mass is 79.9. The molecule has 0 aromatic heterocycles. The maximum absolute atomic E-state index is 12.6. The molecule has 0 spiro atoms. The molecule has 0 bridgehead atoms. The number of nitrogens with two attached hydrogens (primary N) is 1. The summed E-state index contributed by atoms with van der Waals surface area (Å²) in [6, 6.07) is 1.87. The summed E-state index contributed by atoms with van der Waals surface area (Å²) in [6.07, 6.45) is -3.94. The van der Waals surface area contributed by atoms with Crippen LogP contribution in [0.15, 0.2) is 16.6 Å². The molecule has 2 nitrogen and oxygen atoms in total. The summed E-state index contributed by atoms with van der Waals surface area (Å²) < 4.78 is 43.1. The third kappa shape index (κ3) is 3.61. The number of rotatable bonds is 3. The fourth-order valence-electron chi connectivity index (χ4n) is 1.48. The molecule has 0 fully saturated rings. The van der Waals surface area contributed by atoms with Crippen LogP contribution in [0, 0.1) is 0 Å². The van der Waals surface area contributed by atoms with E-state index in [1.54, 1.807) is 6.92 Å². The summed E-state index contributed by atoms with van der Waals surface area (Å²) in [6.45, 7) is 1.78. The van der Waals surface area contributed by atoms with Crippen LogP contribution in [-0.4, -0.2) is 13.2 Å². The molecule has 0 amide bonds. The van der Waals surface area contributed by atoms with E-state index in [4.69, 9.17) is 10.5 Å². The fraction of sp³-hybridized carbons (Fsp3) is 0.455. The Bertz CT molecular complexity index is 404. The van der Waals surface area contributed by atoms with Gasteiger partial charge in [0.25, 0.3) is 0 Å². The van der Waals surface area contributed by atoms with Gasteiger partial charge in [0.05, 0.1) is 12.7 Å². The Morgan fingerprint density at radius 1 is 1.41 bits per heavy atom. The van der Waals surface area contributed by atoms with Crippen LogP contribution in [0.4, 0.5) is 13.2 Å². The van der Waals surface area contributed by atoms with E-state index in [0.717, 1.165) is 12.1 Å². The second-order valence-electron chi connectivity index (χ2n) is 3.82. The van der Waals surface area contributed by atoms with Gasteiger partial charge in [-0.2, -0.15) is 13.2 Å². The van der Waals surface area contributed by atoms with E-state index >= 15 is 0 Å². The summed E-state index contributed by atoms with van der Waals surface area (Å²) in [5.41, 5.74) is 5.55. The summed E-state index contributed by atoms with van der Waals surface area (Å²) >= 11 is 3.12. The van der Waals surface area contributed by atoms with Crippen LogP contribution in [0.2, 0.25) is 0 Å². The highest BCUT2D eigenvalue weighted by molar-refractivity contribution is 9.10. The van der Waals surface area contributed by atoms with Crippen molar-refractivity contribution >= 4 is 15.9 Å². The van der Waals surface area contributed by atoms with Gasteiger partial charge in [-0.15, -0.1) is 0 Å². The smallest absolute Gasteiger partial charge is 0.416 e. The Hall–Kier alpha value is -0.750. The highest BCUT2D eigenvalue weighted by Gasteiger charge is 2.32. The number of ether oxygens (including phenoxy) is 1. The molecule has 1 atom stereocenters. The topological polar surface area (TPSA) is 35.2 Å². The quantitative estimate of drug-likeness (QED) is 0.929.